The molecule has 4 heteroatoms. The zero-order valence-corrected chi connectivity index (χ0v) is 10.9. The Morgan fingerprint density at radius 2 is 1.84 bits per heavy atom. The molecule has 0 atom stereocenters. The van der Waals surface area contributed by atoms with Gasteiger partial charge in [-0.05, 0) is 30.9 Å². The maximum atomic E-state index is 13.6. The predicted molar refractivity (Wildman–Crippen MR) is 70.8 cm³/mol. The third-order valence-corrected chi connectivity index (χ3v) is 3.74. The fraction of sp³-hybridized carbons (Fsp3) is 0.533. The highest BCUT2D eigenvalue weighted by molar-refractivity contribution is 5.50. The molecule has 0 spiro atoms. The molecule has 2 nitrogen and oxygen atoms in total. The Morgan fingerprint density at radius 3 is 2.42 bits per heavy atom. The zero-order chi connectivity index (χ0) is 13.7. The summed E-state index contributed by atoms with van der Waals surface area (Å²) in [5.74, 6) is -0.604. The van der Waals surface area contributed by atoms with Gasteiger partial charge in [0.15, 0.2) is 11.6 Å². The summed E-state index contributed by atoms with van der Waals surface area (Å²) in [4.78, 5) is 0. The third kappa shape index (κ3) is 3.66. The van der Waals surface area contributed by atoms with E-state index < -0.39 is 11.6 Å². The molecule has 0 saturated heterocycles. The van der Waals surface area contributed by atoms with Gasteiger partial charge in [-0.1, -0.05) is 25.7 Å². The van der Waals surface area contributed by atoms with Gasteiger partial charge in [0.25, 0.3) is 0 Å². The first kappa shape index (κ1) is 13.8. The summed E-state index contributed by atoms with van der Waals surface area (Å²) in [6.07, 6.45) is 7.25. The molecule has 102 valence electrons. The number of hydrogen-bond donors (Lipinski definition) is 1. The second-order valence-electron chi connectivity index (χ2n) is 5.15. The smallest absolute Gasteiger partial charge is 0.150 e. The van der Waals surface area contributed by atoms with Gasteiger partial charge in [0.2, 0.25) is 0 Å². The van der Waals surface area contributed by atoms with Crippen LogP contribution in [0.25, 0.3) is 0 Å². The SMILES string of the molecule is N#Cc1cc(F)c(NCCCC2CCCC2)c(F)c1. The van der Waals surface area contributed by atoms with Gasteiger partial charge in [0.05, 0.1) is 11.6 Å². The maximum Gasteiger partial charge on any atom is 0.150 e. The van der Waals surface area contributed by atoms with E-state index in [-0.39, 0.29) is 11.3 Å². The van der Waals surface area contributed by atoms with Gasteiger partial charge >= 0.3 is 0 Å². The molecular formula is C15H18F2N2. The van der Waals surface area contributed by atoms with Crippen LogP contribution in [0.3, 0.4) is 0 Å². The molecule has 2 rings (SSSR count). The van der Waals surface area contributed by atoms with Crippen LogP contribution in [-0.2, 0) is 0 Å². The molecule has 0 bridgehead atoms. The van der Waals surface area contributed by atoms with Crippen LogP contribution >= 0.6 is 0 Å². The molecule has 1 N–H and O–H groups in total. The molecule has 0 aliphatic heterocycles. The molecule has 0 heterocycles. The predicted octanol–water partition coefficient (Wildman–Crippen LogP) is 4.22. The molecule has 19 heavy (non-hydrogen) atoms. The highest BCUT2D eigenvalue weighted by Gasteiger charge is 2.15. The highest BCUT2D eigenvalue weighted by Crippen LogP contribution is 2.28. The Morgan fingerprint density at radius 1 is 1.21 bits per heavy atom. The van der Waals surface area contributed by atoms with E-state index in [0.717, 1.165) is 30.9 Å². The van der Waals surface area contributed by atoms with E-state index in [2.05, 4.69) is 5.32 Å². The van der Waals surface area contributed by atoms with Gasteiger partial charge in [-0.3, -0.25) is 0 Å². The number of hydrogen-bond acceptors (Lipinski definition) is 2. The van der Waals surface area contributed by atoms with Crippen molar-refractivity contribution in [3.63, 3.8) is 0 Å². The van der Waals surface area contributed by atoms with Crippen LogP contribution in [0.2, 0.25) is 0 Å². The molecule has 1 aromatic carbocycles. The fourth-order valence-corrected chi connectivity index (χ4v) is 2.71. The van der Waals surface area contributed by atoms with Crippen LogP contribution in [-0.4, -0.2) is 6.54 Å². The van der Waals surface area contributed by atoms with Crippen molar-refractivity contribution in [1.82, 2.24) is 0 Å². The van der Waals surface area contributed by atoms with Crippen molar-refractivity contribution in [3.05, 3.63) is 29.3 Å². The summed E-state index contributed by atoms with van der Waals surface area (Å²) in [6.45, 7) is 0.566. The molecule has 0 amide bonds. The number of nitrogens with one attached hydrogen (secondary N) is 1. The largest absolute Gasteiger partial charge is 0.380 e. The number of anilines is 1. The van der Waals surface area contributed by atoms with Crippen LogP contribution in [0.5, 0.6) is 0 Å². The molecule has 1 aliphatic carbocycles. The molecule has 1 fully saturated rings. The third-order valence-electron chi connectivity index (χ3n) is 3.74. The summed E-state index contributed by atoms with van der Waals surface area (Å²) in [5, 5.41) is 11.4. The second kappa shape index (κ2) is 6.51. The number of nitrogens with zero attached hydrogens (tertiary/aromatic N) is 1. The summed E-state index contributed by atoms with van der Waals surface area (Å²) < 4.78 is 27.1. The normalized spacial score (nSPS) is 15.4. The van der Waals surface area contributed by atoms with Gasteiger partial charge in [0, 0.05) is 6.54 Å². The average Bonchev–Trinajstić information content (AvgIpc) is 2.89. The number of benzene rings is 1. The standard InChI is InChI=1S/C15H18F2N2/c16-13-8-12(10-18)9-14(17)15(13)19-7-3-6-11-4-1-2-5-11/h8-9,11,19H,1-7H2. The Balaban J connectivity index is 1.84. The van der Waals surface area contributed by atoms with Crippen molar-refractivity contribution < 1.29 is 8.78 Å². The van der Waals surface area contributed by atoms with E-state index in [4.69, 9.17) is 5.26 Å². The lowest BCUT2D eigenvalue weighted by Gasteiger charge is -2.11. The van der Waals surface area contributed by atoms with Crippen molar-refractivity contribution in [1.29, 1.82) is 5.26 Å². The van der Waals surface area contributed by atoms with Crippen molar-refractivity contribution in [3.8, 4) is 6.07 Å². The first-order valence-corrected chi connectivity index (χ1v) is 6.83. The topological polar surface area (TPSA) is 35.8 Å². The summed E-state index contributed by atoms with van der Waals surface area (Å²) >= 11 is 0. The van der Waals surface area contributed by atoms with E-state index in [1.165, 1.54) is 25.7 Å². The summed E-state index contributed by atoms with van der Waals surface area (Å²) in [5.41, 5.74) is -0.114. The molecular weight excluding hydrogens is 246 g/mol. The van der Waals surface area contributed by atoms with Gasteiger partial charge in [-0.15, -0.1) is 0 Å². The quantitative estimate of drug-likeness (QED) is 0.808. The minimum absolute atomic E-state index is 0.00602. The number of nitriles is 1. The van der Waals surface area contributed by atoms with Gasteiger partial charge < -0.3 is 5.32 Å². The summed E-state index contributed by atoms with van der Waals surface area (Å²) in [6, 6.07) is 3.85. The zero-order valence-electron chi connectivity index (χ0n) is 10.9. The van der Waals surface area contributed by atoms with Crippen molar-refractivity contribution in [2.45, 2.75) is 38.5 Å². The number of halogens is 2. The Hall–Kier alpha value is -1.63. The van der Waals surface area contributed by atoms with E-state index in [9.17, 15) is 8.78 Å². The lowest BCUT2D eigenvalue weighted by molar-refractivity contribution is 0.490. The van der Waals surface area contributed by atoms with E-state index in [0.29, 0.717) is 6.54 Å². The second-order valence-corrected chi connectivity index (χ2v) is 5.15. The van der Waals surface area contributed by atoms with Crippen molar-refractivity contribution >= 4 is 5.69 Å². The molecule has 0 unspecified atom stereocenters. The van der Waals surface area contributed by atoms with Crippen LogP contribution in [0, 0.1) is 28.9 Å². The number of rotatable bonds is 5. The molecule has 0 aromatic heterocycles. The van der Waals surface area contributed by atoms with Gasteiger partial charge in [-0.2, -0.15) is 5.26 Å². The van der Waals surface area contributed by atoms with Crippen LogP contribution in [0.15, 0.2) is 12.1 Å². The highest BCUT2D eigenvalue weighted by atomic mass is 19.1. The molecule has 1 aromatic rings. The van der Waals surface area contributed by atoms with Crippen LogP contribution in [0.4, 0.5) is 14.5 Å². The molecule has 1 aliphatic rings. The minimum atomic E-state index is -0.697. The monoisotopic (exact) mass is 264 g/mol. The van der Waals surface area contributed by atoms with E-state index in [1.807, 2.05) is 0 Å². The minimum Gasteiger partial charge on any atom is -0.380 e. The summed E-state index contributed by atoms with van der Waals surface area (Å²) in [7, 11) is 0. The Bertz CT molecular complexity index is 451. The van der Waals surface area contributed by atoms with E-state index in [1.54, 1.807) is 6.07 Å². The molecule has 0 radical (unpaired) electrons. The first-order chi connectivity index (χ1) is 9.20. The van der Waals surface area contributed by atoms with Gasteiger partial charge in [-0.25, -0.2) is 8.78 Å². The lowest BCUT2D eigenvalue weighted by atomic mass is 10.0. The first-order valence-electron chi connectivity index (χ1n) is 6.83. The maximum absolute atomic E-state index is 13.6. The van der Waals surface area contributed by atoms with Gasteiger partial charge in [0.1, 0.15) is 5.69 Å². The average molecular weight is 264 g/mol. The Labute approximate surface area is 112 Å². The van der Waals surface area contributed by atoms with Crippen LogP contribution in [0.1, 0.15) is 44.1 Å². The Kier molecular flexibility index (Phi) is 4.73. The van der Waals surface area contributed by atoms with E-state index >= 15 is 0 Å². The van der Waals surface area contributed by atoms with Crippen molar-refractivity contribution in [2.24, 2.45) is 5.92 Å². The molecule has 1 saturated carbocycles. The van der Waals surface area contributed by atoms with Crippen molar-refractivity contribution in [2.75, 3.05) is 11.9 Å². The van der Waals surface area contributed by atoms with Crippen LogP contribution < -0.4 is 5.32 Å². The fourth-order valence-electron chi connectivity index (χ4n) is 2.71. The lowest BCUT2D eigenvalue weighted by Crippen LogP contribution is -2.07.